The van der Waals surface area contributed by atoms with E-state index in [9.17, 15) is 14.4 Å². The number of amides is 2. The molecule has 2 N–H and O–H groups in total. The Morgan fingerprint density at radius 3 is 2.35 bits per heavy atom. The van der Waals surface area contributed by atoms with Crippen LogP contribution in [0.1, 0.15) is 21.5 Å². The zero-order valence-electron chi connectivity index (χ0n) is 17.6. The first-order valence-electron chi connectivity index (χ1n) is 9.93. The van der Waals surface area contributed by atoms with Gasteiger partial charge in [0.05, 0.1) is 7.11 Å². The second kappa shape index (κ2) is 10.2. The molecule has 1 aromatic heterocycles. The standard InChI is InChI=1S/C24H25N3O4/c1-17-12-14-27(23(29)15-17)16-22(28)26-20-7-5-19(6-8-20)24(30)25-13-11-18-3-9-21(31-2)10-4-18/h3-10,12,14-15H,11,13,16H2,1-2H3,(H,25,30)(H,26,28). The van der Waals surface area contributed by atoms with Crippen molar-refractivity contribution in [2.75, 3.05) is 19.0 Å². The molecular formula is C24H25N3O4. The van der Waals surface area contributed by atoms with E-state index in [0.717, 1.165) is 16.9 Å². The smallest absolute Gasteiger partial charge is 0.251 e. The molecule has 3 aromatic rings. The molecule has 0 fully saturated rings. The number of methoxy groups -OCH3 is 1. The third-order valence-electron chi connectivity index (χ3n) is 4.75. The van der Waals surface area contributed by atoms with E-state index in [1.807, 2.05) is 31.2 Å². The normalized spacial score (nSPS) is 10.4. The van der Waals surface area contributed by atoms with Crippen LogP contribution in [0.25, 0.3) is 0 Å². The number of anilines is 1. The second-order valence-electron chi connectivity index (χ2n) is 7.15. The van der Waals surface area contributed by atoms with E-state index in [1.165, 1.54) is 10.6 Å². The molecule has 0 radical (unpaired) electrons. The lowest BCUT2D eigenvalue weighted by Gasteiger charge is -2.09. The molecule has 1 heterocycles. The largest absolute Gasteiger partial charge is 0.497 e. The molecular weight excluding hydrogens is 394 g/mol. The Morgan fingerprint density at radius 2 is 1.71 bits per heavy atom. The van der Waals surface area contributed by atoms with Crippen molar-refractivity contribution in [1.82, 2.24) is 9.88 Å². The highest BCUT2D eigenvalue weighted by molar-refractivity contribution is 5.95. The molecule has 160 valence electrons. The van der Waals surface area contributed by atoms with Crippen LogP contribution in [0.2, 0.25) is 0 Å². The van der Waals surface area contributed by atoms with Crippen molar-refractivity contribution in [3.63, 3.8) is 0 Å². The molecule has 3 rings (SSSR count). The van der Waals surface area contributed by atoms with Gasteiger partial charge in [-0.15, -0.1) is 0 Å². The zero-order valence-corrected chi connectivity index (χ0v) is 17.6. The molecule has 0 saturated carbocycles. The lowest BCUT2D eigenvalue weighted by Crippen LogP contribution is -2.27. The van der Waals surface area contributed by atoms with Crippen molar-refractivity contribution < 1.29 is 14.3 Å². The predicted molar refractivity (Wildman–Crippen MR) is 120 cm³/mol. The zero-order chi connectivity index (χ0) is 22.2. The Morgan fingerprint density at radius 1 is 1.00 bits per heavy atom. The molecule has 0 bridgehead atoms. The first-order valence-corrected chi connectivity index (χ1v) is 9.93. The maximum absolute atomic E-state index is 12.3. The molecule has 2 amide bonds. The summed E-state index contributed by atoms with van der Waals surface area (Å²) >= 11 is 0. The molecule has 0 aliphatic heterocycles. The third kappa shape index (κ3) is 6.30. The number of pyridine rings is 1. The van der Waals surface area contributed by atoms with Gasteiger partial charge < -0.3 is 19.9 Å². The maximum atomic E-state index is 12.3. The fourth-order valence-corrected chi connectivity index (χ4v) is 3.01. The molecule has 0 aliphatic rings. The summed E-state index contributed by atoms with van der Waals surface area (Å²) in [5, 5.41) is 5.62. The van der Waals surface area contributed by atoms with Gasteiger partial charge in [-0.05, 0) is 66.9 Å². The van der Waals surface area contributed by atoms with Crippen molar-refractivity contribution in [3.8, 4) is 5.75 Å². The number of benzene rings is 2. The predicted octanol–water partition coefficient (Wildman–Crippen LogP) is 2.78. The number of hydrogen-bond donors (Lipinski definition) is 2. The highest BCUT2D eigenvalue weighted by Gasteiger charge is 2.08. The molecule has 0 saturated heterocycles. The topological polar surface area (TPSA) is 89.4 Å². The minimum atomic E-state index is -0.317. The Hall–Kier alpha value is -3.87. The lowest BCUT2D eigenvalue weighted by molar-refractivity contribution is -0.116. The number of aromatic nitrogens is 1. The molecule has 7 heteroatoms. The molecule has 0 unspecified atom stereocenters. The van der Waals surface area contributed by atoms with Gasteiger partial charge in [-0.1, -0.05) is 12.1 Å². The van der Waals surface area contributed by atoms with Gasteiger partial charge in [0.2, 0.25) is 5.91 Å². The van der Waals surface area contributed by atoms with Crippen LogP contribution >= 0.6 is 0 Å². The van der Waals surface area contributed by atoms with Crippen molar-refractivity contribution in [2.24, 2.45) is 0 Å². The molecule has 2 aromatic carbocycles. The van der Waals surface area contributed by atoms with E-state index in [1.54, 1.807) is 43.6 Å². The maximum Gasteiger partial charge on any atom is 0.251 e. The minimum absolute atomic E-state index is 0.0767. The SMILES string of the molecule is COc1ccc(CCNC(=O)c2ccc(NC(=O)Cn3ccc(C)cc3=O)cc2)cc1. The highest BCUT2D eigenvalue weighted by Crippen LogP contribution is 2.12. The van der Waals surface area contributed by atoms with Crippen molar-refractivity contribution in [1.29, 1.82) is 0 Å². The van der Waals surface area contributed by atoms with E-state index in [4.69, 9.17) is 4.74 Å². The van der Waals surface area contributed by atoms with Crippen LogP contribution in [0.5, 0.6) is 5.75 Å². The Balaban J connectivity index is 1.48. The van der Waals surface area contributed by atoms with Crippen LogP contribution < -0.4 is 20.9 Å². The van der Waals surface area contributed by atoms with Crippen LogP contribution in [-0.4, -0.2) is 30.0 Å². The first kappa shape index (κ1) is 21.8. The van der Waals surface area contributed by atoms with Gasteiger partial charge in [0.15, 0.2) is 0 Å². The van der Waals surface area contributed by atoms with Crippen molar-refractivity contribution in [2.45, 2.75) is 19.9 Å². The van der Waals surface area contributed by atoms with E-state index in [-0.39, 0.29) is 23.9 Å². The monoisotopic (exact) mass is 419 g/mol. The molecule has 0 aliphatic carbocycles. The Bertz CT molecular complexity index is 1100. The number of carbonyl (C=O) groups excluding carboxylic acids is 2. The van der Waals surface area contributed by atoms with Crippen molar-refractivity contribution >= 4 is 17.5 Å². The summed E-state index contributed by atoms with van der Waals surface area (Å²) in [5.41, 5.74) is 2.78. The van der Waals surface area contributed by atoms with Gasteiger partial charge in [0, 0.05) is 30.1 Å². The van der Waals surface area contributed by atoms with Gasteiger partial charge >= 0.3 is 0 Å². The molecule has 7 nitrogen and oxygen atoms in total. The number of carbonyl (C=O) groups is 2. The van der Waals surface area contributed by atoms with E-state index >= 15 is 0 Å². The van der Waals surface area contributed by atoms with Gasteiger partial charge in [-0.25, -0.2) is 0 Å². The summed E-state index contributed by atoms with van der Waals surface area (Å²) in [4.78, 5) is 36.4. The number of hydrogen-bond acceptors (Lipinski definition) is 4. The summed E-state index contributed by atoms with van der Waals surface area (Å²) < 4.78 is 6.47. The summed E-state index contributed by atoms with van der Waals surface area (Å²) in [6.07, 6.45) is 2.30. The Kier molecular flexibility index (Phi) is 7.22. The van der Waals surface area contributed by atoms with E-state index in [2.05, 4.69) is 10.6 Å². The quantitative estimate of drug-likeness (QED) is 0.588. The number of rotatable bonds is 8. The number of ether oxygens (including phenoxy) is 1. The molecule has 31 heavy (non-hydrogen) atoms. The van der Waals surface area contributed by atoms with Gasteiger partial charge in [0.25, 0.3) is 11.5 Å². The highest BCUT2D eigenvalue weighted by atomic mass is 16.5. The number of nitrogens with zero attached hydrogens (tertiary/aromatic N) is 1. The van der Waals surface area contributed by atoms with Gasteiger partial charge in [0.1, 0.15) is 12.3 Å². The van der Waals surface area contributed by atoms with E-state index < -0.39 is 0 Å². The van der Waals surface area contributed by atoms with Crippen LogP contribution in [0.4, 0.5) is 5.69 Å². The Labute approximate surface area is 180 Å². The second-order valence-corrected chi connectivity index (χ2v) is 7.15. The summed E-state index contributed by atoms with van der Waals surface area (Å²) in [6, 6.07) is 17.6. The average Bonchev–Trinajstić information content (AvgIpc) is 2.76. The third-order valence-corrected chi connectivity index (χ3v) is 4.75. The van der Waals surface area contributed by atoms with Crippen LogP contribution in [0, 0.1) is 6.92 Å². The molecule has 0 atom stereocenters. The summed E-state index contributed by atoms with van der Waals surface area (Å²) in [6.45, 7) is 2.25. The minimum Gasteiger partial charge on any atom is -0.497 e. The summed E-state index contributed by atoms with van der Waals surface area (Å²) in [7, 11) is 1.62. The van der Waals surface area contributed by atoms with Crippen molar-refractivity contribution in [3.05, 3.63) is 93.9 Å². The van der Waals surface area contributed by atoms with E-state index in [0.29, 0.717) is 24.2 Å². The van der Waals surface area contributed by atoms with Gasteiger partial charge in [-0.3, -0.25) is 14.4 Å². The lowest BCUT2D eigenvalue weighted by atomic mass is 10.1. The number of aryl methyl sites for hydroxylation is 1. The average molecular weight is 419 g/mol. The van der Waals surface area contributed by atoms with Gasteiger partial charge in [-0.2, -0.15) is 0 Å². The molecule has 0 spiro atoms. The summed E-state index contributed by atoms with van der Waals surface area (Å²) in [5.74, 6) is 0.297. The number of nitrogens with one attached hydrogen (secondary N) is 2. The van der Waals surface area contributed by atoms with Crippen LogP contribution in [-0.2, 0) is 17.8 Å². The fourth-order valence-electron chi connectivity index (χ4n) is 3.01. The fraction of sp³-hybridized carbons (Fsp3) is 0.208. The van der Waals surface area contributed by atoms with Crippen LogP contribution in [0.3, 0.4) is 0 Å². The first-order chi connectivity index (χ1) is 14.9. The van der Waals surface area contributed by atoms with Crippen LogP contribution in [0.15, 0.2) is 71.7 Å².